The van der Waals surface area contributed by atoms with Gasteiger partial charge >= 0.3 is 25.9 Å². The number of ether oxygens (including phenoxy) is 1. The maximum Gasteiger partial charge on any atom is 0.864 e. The van der Waals surface area contributed by atoms with Crippen LogP contribution in [0.4, 0.5) is 45.2 Å². The Kier molecular flexibility index (Phi) is 17.7. The van der Waals surface area contributed by atoms with Gasteiger partial charge in [-0.2, -0.15) is 39.5 Å². The molecule has 1 unspecified atom stereocenters. The first-order valence-corrected chi connectivity index (χ1v) is 18.5. The topological polar surface area (TPSA) is 40.2 Å². The molecule has 0 amide bonds. The Morgan fingerprint density at radius 2 is 0.963 bits per heavy atom. The van der Waals surface area contributed by atoms with Crippen LogP contribution in [0.5, 0.6) is 17.2 Å². The van der Waals surface area contributed by atoms with Crippen LogP contribution in [0.1, 0.15) is 115 Å². The van der Waals surface area contributed by atoms with Crippen molar-refractivity contribution in [3.05, 3.63) is 83.4 Å². The molecule has 1 atom stereocenters. The fraction of sp³-hybridized carbons (Fsp3) is 0.538. The molecule has 0 radical (unpaired) electrons. The van der Waals surface area contributed by atoms with E-state index in [0.717, 1.165) is 98.8 Å². The Hall–Kier alpha value is -3.75. The molecule has 54 heavy (non-hydrogen) atoms. The predicted molar refractivity (Wildman–Crippen MR) is 191 cm³/mol. The average Bonchev–Trinajstić information content (AvgIpc) is 3.11. The minimum Gasteiger partial charge on any atom is -0.490 e. The highest BCUT2D eigenvalue weighted by Crippen LogP contribution is 2.39. The van der Waals surface area contributed by atoms with Gasteiger partial charge in [0.25, 0.3) is 0 Å². The smallest absolute Gasteiger partial charge is 0.490 e. The molecule has 0 aromatic heterocycles. The van der Waals surface area contributed by atoms with E-state index in [1.807, 2.05) is 6.92 Å². The van der Waals surface area contributed by atoms with Gasteiger partial charge in [0.1, 0.15) is 23.5 Å². The van der Waals surface area contributed by atoms with Crippen LogP contribution in [0.3, 0.4) is 0 Å². The lowest BCUT2D eigenvalue weighted by atomic mass is 10.1. The summed E-state index contributed by atoms with van der Waals surface area (Å²) in [6.07, 6.45) is -2.46. The zero-order valence-electron chi connectivity index (χ0n) is 30.9. The maximum atomic E-state index is 14.1. The molecule has 0 aliphatic heterocycles. The van der Waals surface area contributed by atoms with Gasteiger partial charge in [-0.3, -0.25) is 0 Å². The molecule has 300 valence electrons. The number of halogens is 9. The fourth-order valence-electron chi connectivity index (χ4n) is 5.85. The Morgan fingerprint density at radius 3 is 1.37 bits per heavy atom. The number of alkyl halides is 9. The lowest BCUT2D eigenvalue weighted by Crippen LogP contribution is -2.40. The monoisotopic (exact) mass is 777 g/mol. The van der Waals surface area contributed by atoms with Crippen LogP contribution in [-0.4, -0.2) is 26.7 Å². The zero-order valence-corrected chi connectivity index (χ0v) is 30.9. The number of hydrogen-bond donors (Lipinski definition) is 0. The highest BCUT2D eigenvalue weighted by atomic mass is 19.4. The van der Waals surface area contributed by atoms with E-state index in [9.17, 15) is 39.5 Å². The second kappa shape index (κ2) is 21.4. The molecular formula is C39H49BF9NO4. The van der Waals surface area contributed by atoms with Crippen LogP contribution >= 0.6 is 0 Å². The lowest BCUT2D eigenvalue weighted by Gasteiger charge is -2.34. The number of unbranched alkanes of at least 4 members (excludes halogenated alkanes) is 10. The third kappa shape index (κ3) is 14.8. The normalized spacial score (nSPS) is 12.7. The van der Waals surface area contributed by atoms with Crippen LogP contribution in [0.15, 0.2) is 66.7 Å². The quantitative estimate of drug-likeness (QED) is 0.0415. The Balaban J connectivity index is 1.92. The van der Waals surface area contributed by atoms with E-state index in [2.05, 4.69) is 6.92 Å². The van der Waals surface area contributed by atoms with Crippen molar-refractivity contribution in [1.29, 1.82) is 0 Å². The Morgan fingerprint density at radius 1 is 0.537 bits per heavy atom. The van der Waals surface area contributed by atoms with Crippen molar-refractivity contribution >= 4 is 13.0 Å². The zero-order chi connectivity index (χ0) is 39.8. The SMILES string of the molecule is CCCCCCCCCCCCCN(c1cc(C(F)(F)F)ccc1OB(Oc1ccc(C(F)(F)F)cc1)Oc1ccc(C(F)(F)F)cc1)C(CC)OCC. The molecule has 3 aromatic rings. The van der Waals surface area contributed by atoms with E-state index >= 15 is 0 Å². The van der Waals surface area contributed by atoms with E-state index in [-0.39, 0.29) is 29.5 Å². The number of rotatable bonds is 23. The number of anilines is 1. The minimum absolute atomic E-state index is 0.00533. The highest BCUT2D eigenvalue weighted by Gasteiger charge is 2.37. The third-order valence-corrected chi connectivity index (χ3v) is 8.71. The van der Waals surface area contributed by atoms with Crippen molar-refractivity contribution in [3.8, 4) is 17.2 Å². The fourth-order valence-corrected chi connectivity index (χ4v) is 5.85. The average molecular weight is 778 g/mol. The van der Waals surface area contributed by atoms with Crippen molar-refractivity contribution in [1.82, 2.24) is 0 Å². The molecule has 0 fully saturated rings. The number of benzene rings is 3. The van der Waals surface area contributed by atoms with E-state index in [1.165, 1.54) is 32.1 Å². The van der Waals surface area contributed by atoms with Gasteiger partial charge < -0.3 is 23.6 Å². The summed E-state index contributed by atoms with van der Waals surface area (Å²) < 4.78 is 145. The molecule has 0 bridgehead atoms. The molecule has 5 nitrogen and oxygen atoms in total. The molecule has 3 aromatic carbocycles. The summed E-state index contributed by atoms with van der Waals surface area (Å²) in [7, 11) is -1.87. The van der Waals surface area contributed by atoms with Crippen LogP contribution in [-0.2, 0) is 23.3 Å². The summed E-state index contributed by atoms with van der Waals surface area (Å²) in [6, 6.07) is 9.74. The Bertz CT molecular complexity index is 1440. The third-order valence-electron chi connectivity index (χ3n) is 8.71. The second-order valence-corrected chi connectivity index (χ2v) is 12.9. The highest BCUT2D eigenvalue weighted by molar-refractivity contribution is 6.39. The molecule has 3 rings (SSSR count). The second-order valence-electron chi connectivity index (χ2n) is 12.9. The van der Waals surface area contributed by atoms with E-state index < -0.39 is 48.8 Å². The summed E-state index contributed by atoms with van der Waals surface area (Å²) in [5.41, 5.74) is -2.92. The maximum absolute atomic E-state index is 14.1. The summed E-state index contributed by atoms with van der Waals surface area (Å²) in [6.45, 7) is 6.33. The van der Waals surface area contributed by atoms with Gasteiger partial charge in [0, 0.05) is 13.2 Å². The van der Waals surface area contributed by atoms with E-state index in [4.69, 9.17) is 18.7 Å². The number of hydrogen-bond acceptors (Lipinski definition) is 5. The molecule has 0 N–H and O–H groups in total. The number of nitrogens with zero attached hydrogens (tertiary/aromatic N) is 1. The first kappa shape index (κ1) is 44.7. The van der Waals surface area contributed by atoms with Crippen molar-refractivity contribution in [3.63, 3.8) is 0 Å². The van der Waals surface area contributed by atoms with Crippen molar-refractivity contribution in [2.75, 3.05) is 18.1 Å². The lowest BCUT2D eigenvalue weighted by molar-refractivity contribution is -0.138. The van der Waals surface area contributed by atoms with Gasteiger partial charge in [-0.15, -0.1) is 0 Å². The summed E-state index contributed by atoms with van der Waals surface area (Å²) in [5, 5.41) is 0. The van der Waals surface area contributed by atoms with Crippen LogP contribution in [0, 0.1) is 0 Å². The van der Waals surface area contributed by atoms with Crippen molar-refractivity contribution in [2.45, 2.75) is 123 Å². The first-order valence-electron chi connectivity index (χ1n) is 18.5. The molecule has 0 spiro atoms. The molecule has 0 saturated carbocycles. The molecule has 15 heteroatoms. The molecule has 0 aliphatic rings. The first-order chi connectivity index (χ1) is 25.6. The minimum atomic E-state index is -4.73. The van der Waals surface area contributed by atoms with Crippen molar-refractivity contribution < 1.29 is 58.2 Å². The Labute approximate surface area is 312 Å². The largest absolute Gasteiger partial charge is 0.864 e. The van der Waals surface area contributed by atoms with Gasteiger partial charge in [0.2, 0.25) is 0 Å². The summed E-state index contributed by atoms with van der Waals surface area (Å²) >= 11 is 0. The van der Waals surface area contributed by atoms with Gasteiger partial charge in [-0.25, -0.2) is 0 Å². The summed E-state index contributed by atoms with van der Waals surface area (Å²) in [4.78, 5) is 1.68. The van der Waals surface area contributed by atoms with Gasteiger partial charge in [-0.05, 0) is 86.5 Å². The van der Waals surface area contributed by atoms with Crippen LogP contribution in [0.25, 0.3) is 0 Å². The molecular weight excluding hydrogens is 728 g/mol. The standard InChI is InChI=1S/C39H49BF9NO4/c1-4-7-8-9-10-11-12-13-14-15-16-27-50(36(5-2)51-6-3)34-28-31(39(47,48)49)21-26-35(34)54-40(52-32-22-17-29(18-23-32)37(41,42)43)53-33-24-19-30(20-25-33)38(44,45)46/h17-26,28,36H,4-16,27H2,1-3H3. The van der Waals surface area contributed by atoms with Gasteiger partial charge in [0.15, 0.2) is 0 Å². The van der Waals surface area contributed by atoms with Crippen LogP contribution < -0.4 is 18.9 Å². The van der Waals surface area contributed by atoms with Gasteiger partial charge in [0.05, 0.1) is 22.4 Å². The van der Waals surface area contributed by atoms with Crippen molar-refractivity contribution in [2.24, 2.45) is 0 Å². The van der Waals surface area contributed by atoms with E-state index in [1.54, 1.807) is 11.8 Å². The predicted octanol–water partition coefficient (Wildman–Crippen LogP) is 13.2. The van der Waals surface area contributed by atoms with Crippen LogP contribution in [0.2, 0.25) is 0 Å². The van der Waals surface area contributed by atoms with E-state index in [0.29, 0.717) is 19.4 Å². The molecule has 0 saturated heterocycles. The summed E-state index contributed by atoms with van der Waals surface area (Å²) in [5.74, 6) is -0.494. The molecule has 0 heterocycles. The van der Waals surface area contributed by atoms with Gasteiger partial charge in [-0.1, -0.05) is 78.1 Å². The molecule has 0 aliphatic carbocycles.